The number of aliphatic hydroxyl groups is 1. The van der Waals surface area contributed by atoms with Gasteiger partial charge in [0.25, 0.3) is 0 Å². The minimum Gasteiger partial charge on any atom is -0.390 e. The summed E-state index contributed by atoms with van der Waals surface area (Å²) in [5.41, 5.74) is -0.822. The molecule has 1 saturated carbocycles. The monoisotopic (exact) mass is 224 g/mol. The van der Waals surface area contributed by atoms with Crippen LogP contribution in [0, 0.1) is 5.92 Å². The Balaban J connectivity index is 2.25. The molecule has 0 aromatic carbocycles. The molecule has 1 N–H and O–H groups in total. The summed E-state index contributed by atoms with van der Waals surface area (Å²) in [5.74, 6) is 0.605. The van der Waals surface area contributed by atoms with Crippen molar-refractivity contribution in [2.45, 2.75) is 63.6 Å². The Labute approximate surface area is 88.7 Å². The van der Waals surface area contributed by atoms with Gasteiger partial charge < -0.3 is 5.11 Å². The van der Waals surface area contributed by atoms with Gasteiger partial charge in [-0.2, -0.15) is 13.2 Å². The average Bonchev–Trinajstić information content (AvgIpc) is 2.09. The maximum atomic E-state index is 11.9. The molecule has 1 rings (SSSR count). The fourth-order valence-corrected chi connectivity index (χ4v) is 2.17. The van der Waals surface area contributed by atoms with Crippen LogP contribution in [-0.2, 0) is 0 Å². The highest BCUT2D eigenvalue weighted by molar-refractivity contribution is 4.84. The summed E-state index contributed by atoms with van der Waals surface area (Å²) in [6.07, 6.45) is -1.33. The van der Waals surface area contributed by atoms with Crippen LogP contribution >= 0.6 is 0 Å². The van der Waals surface area contributed by atoms with E-state index in [0.717, 1.165) is 12.8 Å². The summed E-state index contributed by atoms with van der Waals surface area (Å²) in [7, 11) is 0. The maximum Gasteiger partial charge on any atom is 0.389 e. The largest absolute Gasteiger partial charge is 0.390 e. The van der Waals surface area contributed by atoms with Gasteiger partial charge in [-0.1, -0.05) is 6.92 Å². The van der Waals surface area contributed by atoms with Crippen molar-refractivity contribution >= 4 is 0 Å². The summed E-state index contributed by atoms with van der Waals surface area (Å²) in [4.78, 5) is 0. The summed E-state index contributed by atoms with van der Waals surface area (Å²) in [6.45, 7) is 2.12. The normalized spacial score (nSPS) is 33.0. The molecular weight excluding hydrogens is 205 g/mol. The molecule has 15 heavy (non-hydrogen) atoms. The van der Waals surface area contributed by atoms with Crippen LogP contribution in [0.2, 0.25) is 0 Å². The topological polar surface area (TPSA) is 20.2 Å². The molecule has 1 aliphatic carbocycles. The molecule has 4 heteroatoms. The highest BCUT2D eigenvalue weighted by atomic mass is 19.4. The minimum absolute atomic E-state index is 0.0500. The van der Waals surface area contributed by atoms with Gasteiger partial charge in [0.2, 0.25) is 0 Å². The predicted octanol–water partition coefficient (Wildman–Crippen LogP) is 3.66. The van der Waals surface area contributed by atoms with Gasteiger partial charge in [0, 0.05) is 6.42 Å². The molecule has 0 aromatic rings. The van der Waals surface area contributed by atoms with Crippen LogP contribution in [0.1, 0.15) is 51.9 Å². The molecular formula is C11H19F3O. The van der Waals surface area contributed by atoms with Crippen molar-refractivity contribution < 1.29 is 18.3 Å². The zero-order chi connectivity index (χ0) is 11.5. The third kappa shape index (κ3) is 4.87. The standard InChI is InChI=1S/C11H19F3O/c1-9-3-7-10(15,8-4-9)5-2-6-11(12,13)14/h9,15H,2-8H2,1H3. The lowest BCUT2D eigenvalue weighted by atomic mass is 9.77. The van der Waals surface area contributed by atoms with Gasteiger partial charge in [0.05, 0.1) is 5.60 Å². The second kappa shape index (κ2) is 4.73. The molecule has 1 aliphatic rings. The van der Waals surface area contributed by atoms with E-state index in [1.54, 1.807) is 0 Å². The molecule has 1 fully saturated rings. The van der Waals surface area contributed by atoms with E-state index in [1.165, 1.54) is 0 Å². The summed E-state index contributed by atoms with van der Waals surface area (Å²) >= 11 is 0. The first-order valence-electron chi connectivity index (χ1n) is 5.60. The first kappa shape index (κ1) is 12.8. The Morgan fingerprint density at radius 1 is 1.27 bits per heavy atom. The molecule has 0 unspecified atom stereocenters. The first-order valence-corrected chi connectivity index (χ1v) is 5.60. The lowest BCUT2D eigenvalue weighted by Crippen LogP contribution is -2.33. The average molecular weight is 224 g/mol. The number of rotatable bonds is 3. The SMILES string of the molecule is CC1CCC(O)(CCCC(F)(F)F)CC1. The number of alkyl halides is 3. The third-order valence-corrected chi connectivity index (χ3v) is 3.31. The zero-order valence-electron chi connectivity index (χ0n) is 9.11. The van der Waals surface area contributed by atoms with E-state index in [9.17, 15) is 18.3 Å². The predicted molar refractivity (Wildman–Crippen MR) is 52.5 cm³/mol. The van der Waals surface area contributed by atoms with Crippen molar-refractivity contribution in [3.63, 3.8) is 0 Å². The Bertz CT molecular complexity index is 192. The zero-order valence-corrected chi connectivity index (χ0v) is 9.11. The number of halogens is 3. The molecule has 0 bridgehead atoms. The highest BCUT2D eigenvalue weighted by Gasteiger charge is 2.33. The third-order valence-electron chi connectivity index (χ3n) is 3.31. The first-order chi connectivity index (χ1) is 6.81. The van der Waals surface area contributed by atoms with Crippen molar-refractivity contribution in [1.82, 2.24) is 0 Å². The fourth-order valence-electron chi connectivity index (χ4n) is 2.17. The van der Waals surface area contributed by atoms with E-state index >= 15 is 0 Å². The lowest BCUT2D eigenvalue weighted by Gasteiger charge is -2.35. The van der Waals surface area contributed by atoms with Gasteiger partial charge in [0.15, 0.2) is 0 Å². The lowest BCUT2D eigenvalue weighted by molar-refractivity contribution is -0.138. The molecule has 0 radical (unpaired) electrons. The van der Waals surface area contributed by atoms with Crippen molar-refractivity contribution in [2.75, 3.05) is 0 Å². The van der Waals surface area contributed by atoms with Crippen LogP contribution in [0.4, 0.5) is 13.2 Å². The molecule has 0 aliphatic heterocycles. The number of hydrogen-bond acceptors (Lipinski definition) is 1. The molecule has 90 valence electrons. The molecule has 0 aromatic heterocycles. The maximum absolute atomic E-state index is 11.9. The highest BCUT2D eigenvalue weighted by Crippen LogP contribution is 2.36. The Morgan fingerprint density at radius 3 is 2.27 bits per heavy atom. The van der Waals surface area contributed by atoms with Crippen LogP contribution in [-0.4, -0.2) is 16.9 Å². The molecule has 0 amide bonds. The Morgan fingerprint density at radius 2 is 1.80 bits per heavy atom. The van der Waals surface area contributed by atoms with Crippen molar-refractivity contribution in [1.29, 1.82) is 0 Å². The van der Waals surface area contributed by atoms with Crippen LogP contribution in [0.15, 0.2) is 0 Å². The fraction of sp³-hybridized carbons (Fsp3) is 1.00. The second-order valence-corrected chi connectivity index (χ2v) is 4.88. The van der Waals surface area contributed by atoms with Gasteiger partial charge in [0.1, 0.15) is 0 Å². The minimum atomic E-state index is -4.09. The van der Waals surface area contributed by atoms with Crippen LogP contribution in [0.25, 0.3) is 0 Å². The van der Waals surface area contributed by atoms with E-state index in [1.807, 2.05) is 0 Å². The molecule has 0 spiro atoms. The summed E-state index contributed by atoms with van der Waals surface area (Å²) < 4.78 is 35.7. The quantitative estimate of drug-likeness (QED) is 0.775. The molecule has 0 heterocycles. The molecule has 0 saturated heterocycles. The van der Waals surface area contributed by atoms with Crippen LogP contribution < -0.4 is 0 Å². The second-order valence-electron chi connectivity index (χ2n) is 4.88. The van der Waals surface area contributed by atoms with Gasteiger partial charge in [-0.3, -0.25) is 0 Å². The van der Waals surface area contributed by atoms with Crippen molar-refractivity contribution in [3.8, 4) is 0 Å². The smallest absolute Gasteiger partial charge is 0.389 e. The van der Waals surface area contributed by atoms with E-state index < -0.39 is 18.2 Å². The molecule has 1 nitrogen and oxygen atoms in total. The Hall–Kier alpha value is -0.250. The van der Waals surface area contributed by atoms with Crippen molar-refractivity contribution in [2.24, 2.45) is 5.92 Å². The van der Waals surface area contributed by atoms with Gasteiger partial charge in [-0.15, -0.1) is 0 Å². The van der Waals surface area contributed by atoms with E-state index in [2.05, 4.69) is 6.92 Å². The van der Waals surface area contributed by atoms with Crippen LogP contribution in [0.5, 0.6) is 0 Å². The summed E-state index contributed by atoms with van der Waals surface area (Å²) in [6, 6.07) is 0. The Kier molecular flexibility index (Phi) is 4.04. The van der Waals surface area contributed by atoms with E-state index in [4.69, 9.17) is 0 Å². The van der Waals surface area contributed by atoms with Crippen LogP contribution in [0.3, 0.4) is 0 Å². The molecule has 0 atom stereocenters. The number of hydrogen-bond donors (Lipinski definition) is 1. The van der Waals surface area contributed by atoms with Crippen molar-refractivity contribution in [3.05, 3.63) is 0 Å². The van der Waals surface area contributed by atoms with E-state index in [0.29, 0.717) is 25.2 Å². The van der Waals surface area contributed by atoms with E-state index in [-0.39, 0.29) is 6.42 Å². The van der Waals surface area contributed by atoms with Gasteiger partial charge in [-0.05, 0) is 44.4 Å². The summed E-state index contributed by atoms with van der Waals surface area (Å²) in [5, 5.41) is 10.0. The van der Waals surface area contributed by atoms with Gasteiger partial charge in [-0.25, -0.2) is 0 Å². The van der Waals surface area contributed by atoms with Gasteiger partial charge >= 0.3 is 6.18 Å².